The van der Waals surface area contributed by atoms with Crippen LogP contribution in [0.5, 0.6) is 34.5 Å². The highest BCUT2D eigenvalue weighted by atomic mass is 16.5. The Kier molecular flexibility index (Phi) is 8.62. The molecule has 0 saturated carbocycles. The van der Waals surface area contributed by atoms with E-state index >= 15 is 0 Å². The van der Waals surface area contributed by atoms with Gasteiger partial charge < -0.3 is 29.2 Å². The Morgan fingerprint density at radius 3 is 1.36 bits per heavy atom. The second-order valence-electron chi connectivity index (χ2n) is 9.91. The van der Waals surface area contributed by atoms with E-state index in [4.69, 9.17) is 18.9 Å². The number of hydrogen-bond acceptors (Lipinski definition) is 8. The van der Waals surface area contributed by atoms with Crippen LogP contribution < -0.4 is 18.9 Å². The van der Waals surface area contributed by atoms with Gasteiger partial charge in [0.1, 0.15) is 34.5 Å². The predicted molar refractivity (Wildman–Crippen MR) is 156 cm³/mol. The van der Waals surface area contributed by atoms with Crippen LogP contribution in [0.2, 0.25) is 0 Å². The Balaban J connectivity index is 0.000000168. The number of benzene rings is 4. The van der Waals surface area contributed by atoms with E-state index in [-0.39, 0.29) is 35.3 Å². The zero-order chi connectivity index (χ0) is 29.6. The van der Waals surface area contributed by atoms with Gasteiger partial charge in [-0.05, 0) is 61.4 Å². The summed E-state index contributed by atoms with van der Waals surface area (Å²) in [6.45, 7) is 4.94. The van der Waals surface area contributed by atoms with Crippen LogP contribution in [0.1, 0.15) is 60.8 Å². The second-order valence-corrected chi connectivity index (χ2v) is 9.91. The molecular formula is C34H32O8. The van der Waals surface area contributed by atoms with E-state index in [1.165, 1.54) is 0 Å². The lowest BCUT2D eigenvalue weighted by Crippen LogP contribution is -2.21. The van der Waals surface area contributed by atoms with Gasteiger partial charge in [-0.25, -0.2) is 0 Å². The van der Waals surface area contributed by atoms with Crippen molar-refractivity contribution in [2.45, 2.75) is 38.5 Å². The minimum absolute atomic E-state index is 0.0578. The molecule has 0 aromatic heterocycles. The predicted octanol–water partition coefficient (Wildman–Crippen LogP) is 6.46. The van der Waals surface area contributed by atoms with Gasteiger partial charge in [-0.2, -0.15) is 0 Å². The smallest absolute Gasteiger partial charge is 0.312 e. The maximum Gasteiger partial charge on any atom is 0.312 e. The molecule has 8 heteroatoms. The fourth-order valence-corrected chi connectivity index (χ4v) is 5.18. The molecule has 2 N–H and O–H groups in total. The average Bonchev–Trinajstić information content (AvgIpc) is 2.97. The van der Waals surface area contributed by atoms with E-state index in [1.54, 1.807) is 36.4 Å². The topological polar surface area (TPSA) is 112 Å². The number of carbonyl (C=O) groups excluding carboxylic acids is 2. The summed E-state index contributed by atoms with van der Waals surface area (Å²) in [6, 6.07) is 25.0. The molecule has 0 radical (unpaired) electrons. The van der Waals surface area contributed by atoms with Gasteiger partial charge in [0.25, 0.3) is 0 Å². The van der Waals surface area contributed by atoms with Crippen molar-refractivity contribution in [3.8, 4) is 34.5 Å². The van der Waals surface area contributed by atoms with Crippen molar-refractivity contribution in [2.24, 2.45) is 0 Å². The normalized spacial score (nSPS) is 17.0. The highest BCUT2D eigenvalue weighted by Gasteiger charge is 2.30. The van der Waals surface area contributed by atoms with Gasteiger partial charge in [0.15, 0.2) is 0 Å². The van der Waals surface area contributed by atoms with Crippen LogP contribution in [0.4, 0.5) is 0 Å². The van der Waals surface area contributed by atoms with E-state index in [2.05, 4.69) is 0 Å². The van der Waals surface area contributed by atoms with Crippen molar-refractivity contribution in [3.05, 3.63) is 107 Å². The highest BCUT2D eigenvalue weighted by molar-refractivity contribution is 5.78. The summed E-state index contributed by atoms with van der Waals surface area (Å²) in [7, 11) is 0. The molecule has 8 nitrogen and oxygen atoms in total. The molecule has 0 spiro atoms. The van der Waals surface area contributed by atoms with E-state index in [0.29, 0.717) is 49.1 Å². The van der Waals surface area contributed by atoms with Crippen molar-refractivity contribution in [2.75, 3.05) is 13.2 Å². The Bertz CT molecular complexity index is 1440. The Morgan fingerprint density at radius 2 is 1.00 bits per heavy atom. The van der Waals surface area contributed by atoms with E-state index in [1.807, 2.05) is 62.4 Å². The summed E-state index contributed by atoms with van der Waals surface area (Å²) in [5.74, 6) is 2.28. The van der Waals surface area contributed by atoms with Gasteiger partial charge in [-0.1, -0.05) is 36.4 Å². The number of phenolic OH excluding ortho intramolecular Hbond substituents is 2. The first-order valence-electron chi connectivity index (χ1n) is 13.9. The first-order chi connectivity index (χ1) is 20.3. The summed E-state index contributed by atoms with van der Waals surface area (Å²) in [5, 5.41) is 18.8. The first-order valence-corrected chi connectivity index (χ1v) is 13.9. The molecule has 2 aliphatic heterocycles. The molecule has 0 saturated heterocycles. The lowest BCUT2D eigenvalue weighted by molar-refractivity contribution is -0.136. The second kappa shape index (κ2) is 12.7. The lowest BCUT2D eigenvalue weighted by atomic mass is 9.86. The maximum absolute atomic E-state index is 11.8. The van der Waals surface area contributed by atoms with Crippen LogP contribution in [0.3, 0.4) is 0 Å². The van der Waals surface area contributed by atoms with E-state index in [0.717, 1.165) is 22.3 Å². The van der Waals surface area contributed by atoms with Gasteiger partial charge in [-0.3, -0.25) is 9.59 Å². The fraction of sp³-hybridized carbons (Fsp3) is 0.235. The molecule has 2 heterocycles. The summed E-state index contributed by atoms with van der Waals surface area (Å²) < 4.78 is 21.5. The Labute approximate surface area is 244 Å². The largest absolute Gasteiger partial charge is 0.508 e. The molecule has 42 heavy (non-hydrogen) atoms. The third kappa shape index (κ3) is 6.49. The molecule has 0 bridgehead atoms. The Morgan fingerprint density at radius 1 is 0.619 bits per heavy atom. The number of fused-ring (bicyclic) bond motifs is 2. The monoisotopic (exact) mass is 568 g/mol. The Hall–Kier alpha value is -4.98. The molecule has 0 fully saturated rings. The third-order valence-corrected chi connectivity index (χ3v) is 7.12. The van der Waals surface area contributed by atoms with Gasteiger partial charge >= 0.3 is 11.9 Å². The quantitative estimate of drug-likeness (QED) is 0.201. The molecule has 0 unspecified atom stereocenters. The van der Waals surface area contributed by atoms with Crippen LogP contribution in [-0.4, -0.2) is 35.4 Å². The van der Waals surface area contributed by atoms with Crippen molar-refractivity contribution in [1.82, 2.24) is 0 Å². The number of phenols is 2. The van der Waals surface area contributed by atoms with Crippen LogP contribution in [0, 0.1) is 0 Å². The summed E-state index contributed by atoms with van der Waals surface area (Å²) in [6.07, 6.45) is 0.595. The highest BCUT2D eigenvalue weighted by Crippen LogP contribution is 2.42. The van der Waals surface area contributed by atoms with Crippen LogP contribution in [0.15, 0.2) is 84.9 Å². The minimum Gasteiger partial charge on any atom is -0.508 e. The van der Waals surface area contributed by atoms with Crippen LogP contribution >= 0.6 is 0 Å². The molecule has 6 rings (SSSR count). The van der Waals surface area contributed by atoms with E-state index in [9.17, 15) is 19.8 Å². The first kappa shape index (κ1) is 28.5. The summed E-state index contributed by atoms with van der Waals surface area (Å²) in [5.41, 5.74) is 3.89. The van der Waals surface area contributed by atoms with Gasteiger partial charge in [-0.15, -0.1) is 0 Å². The van der Waals surface area contributed by atoms with Crippen LogP contribution in [0.25, 0.3) is 0 Å². The molecular weight excluding hydrogens is 536 g/mol. The molecule has 4 aromatic rings. The van der Waals surface area contributed by atoms with Gasteiger partial charge in [0.2, 0.25) is 0 Å². The molecule has 0 amide bonds. The van der Waals surface area contributed by atoms with E-state index < -0.39 is 0 Å². The zero-order valence-electron chi connectivity index (χ0n) is 23.4. The maximum atomic E-state index is 11.8. The summed E-state index contributed by atoms with van der Waals surface area (Å²) >= 11 is 0. The molecule has 2 atom stereocenters. The number of carbonyl (C=O) groups is 2. The summed E-state index contributed by atoms with van der Waals surface area (Å²) in [4.78, 5) is 23.7. The number of rotatable bonds is 6. The van der Waals surface area contributed by atoms with Crippen molar-refractivity contribution < 1.29 is 38.7 Å². The number of aromatic hydroxyl groups is 2. The number of ether oxygens (including phenoxy) is 4. The molecule has 0 aliphatic carbocycles. The zero-order valence-corrected chi connectivity index (χ0v) is 23.4. The van der Waals surface area contributed by atoms with Crippen molar-refractivity contribution >= 4 is 11.9 Å². The van der Waals surface area contributed by atoms with Gasteiger partial charge in [0, 0.05) is 35.1 Å². The van der Waals surface area contributed by atoms with Gasteiger partial charge in [0.05, 0.1) is 26.1 Å². The van der Waals surface area contributed by atoms with Crippen molar-refractivity contribution in [1.29, 1.82) is 0 Å². The molecule has 216 valence electrons. The molecule has 4 aromatic carbocycles. The van der Waals surface area contributed by atoms with Crippen LogP contribution in [-0.2, 0) is 9.59 Å². The minimum atomic E-state index is -0.255. The van der Waals surface area contributed by atoms with Crippen molar-refractivity contribution in [3.63, 3.8) is 0 Å². The fourth-order valence-electron chi connectivity index (χ4n) is 5.18. The third-order valence-electron chi connectivity index (χ3n) is 7.12. The average molecular weight is 569 g/mol. The lowest BCUT2D eigenvalue weighted by Gasteiger charge is -2.25. The number of esters is 2. The number of hydrogen-bond donors (Lipinski definition) is 2. The molecule has 2 aliphatic rings. The SMILES string of the molecule is CCOc1ccc2c(c1)OC(=O)C[C@@H]2c1ccc(O)cc1.CCOc1ccc2c(c1)OC(=O)C[C@H]2c1ccc(O)cc1. The standard InChI is InChI=1S/2C17H16O4/c2*1-2-20-13-7-8-14-15(10-17(19)21-16(14)9-13)11-3-5-12(18)6-4-11/h2*3-9,15,18H,2,10H2,1H3/t2*15-/m10/s1.